The number of aromatic nitrogens is 1. The third-order valence-corrected chi connectivity index (χ3v) is 4.55. The lowest BCUT2D eigenvalue weighted by Gasteiger charge is -2.30. The van der Waals surface area contributed by atoms with Crippen molar-refractivity contribution >= 4 is 23.3 Å². The second-order valence-electron chi connectivity index (χ2n) is 5.58. The smallest absolute Gasteiger partial charge is 0.317 e. The third kappa shape index (κ3) is 4.17. The molecule has 0 bridgehead atoms. The van der Waals surface area contributed by atoms with Gasteiger partial charge in [-0.1, -0.05) is 13.8 Å². The molecule has 116 valence electrons. The van der Waals surface area contributed by atoms with Gasteiger partial charge >= 0.3 is 12.0 Å². The van der Waals surface area contributed by atoms with Gasteiger partial charge in [-0.3, -0.25) is 4.79 Å². The van der Waals surface area contributed by atoms with Gasteiger partial charge in [0, 0.05) is 18.5 Å². The molecule has 1 aliphatic rings. The van der Waals surface area contributed by atoms with Gasteiger partial charge in [-0.25, -0.2) is 9.78 Å². The number of rotatable bonds is 4. The first-order chi connectivity index (χ1) is 9.97. The van der Waals surface area contributed by atoms with Gasteiger partial charge in [-0.2, -0.15) is 0 Å². The van der Waals surface area contributed by atoms with Crippen LogP contribution in [0.5, 0.6) is 0 Å². The van der Waals surface area contributed by atoms with Crippen molar-refractivity contribution in [2.24, 2.45) is 5.92 Å². The van der Waals surface area contributed by atoms with Crippen molar-refractivity contribution in [1.82, 2.24) is 15.2 Å². The minimum absolute atomic E-state index is 0.139. The van der Waals surface area contributed by atoms with E-state index in [9.17, 15) is 9.59 Å². The van der Waals surface area contributed by atoms with Crippen LogP contribution in [0.25, 0.3) is 0 Å². The molecule has 6 nitrogen and oxygen atoms in total. The summed E-state index contributed by atoms with van der Waals surface area (Å²) in [4.78, 5) is 29.1. The minimum Gasteiger partial charge on any atom is -0.481 e. The molecule has 0 radical (unpaired) electrons. The van der Waals surface area contributed by atoms with Crippen molar-refractivity contribution in [2.75, 3.05) is 13.1 Å². The predicted molar refractivity (Wildman–Crippen MR) is 80.4 cm³/mol. The van der Waals surface area contributed by atoms with Crippen molar-refractivity contribution in [2.45, 2.75) is 39.2 Å². The van der Waals surface area contributed by atoms with Crippen LogP contribution in [0.15, 0.2) is 5.38 Å². The van der Waals surface area contributed by atoms with E-state index in [2.05, 4.69) is 24.1 Å². The van der Waals surface area contributed by atoms with Crippen molar-refractivity contribution in [3.63, 3.8) is 0 Å². The highest BCUT2D eigenvalue weighted by Crippen LogP contribution is 2.19. The van der Waals surface area contributed by atoms with Gasteiger partial charge in [0.05, 0.1) is 18.2 Å². The van der Waals surface area contributed by atoms with E-state index in [0.717, 1.165) is 10.7 Å². The number of carbonyl (C=O) groups is 2. The maximum Gasteiger partial charge on any atom is 0.317 e. The van der Waals surface area contributed by atoms with Crippen molar-refractivity contribution in [1.29, 1.82) is 0 Å². The molecule has 21 heavy (non-hydrogen) atoms. The second-order valence-corrected chi connectivity index (χ2v) is 6.52. The molecule has 1 aromatic rings. The summed E-state index contributed by atoms with van der Waals surface area (Å²) in [5.41, 5.74) is 1.05. The molecular formula is C14H21N3O3S. The largest absolute Gasteiger partial charge is 0.481 e. The van der Waals surface area contributed by atoms with Crippen LogP contribution in [-0.4, -0.2) is 40.1 Å². The number of nitrogens with zero attached hydrogens (tertiary/aromatic N) is 2. The minimum atomic E-state index is -0.765. The Balaban J connectivity index is 1.78. The maximum atomic E-state index is 12.0. The van der Waals surface area contributed by atoms with E-state index in [1.165, 1.54) is 0 Å². The molecular weight excluding hydrogens is 290 g/mol. The summed E-state index contributed by atoms with van der Waals surface area (Å²) >= 11 is 1.55. The van der Waals surface area contributed by atoms with E-state index < -0.39 is 5.97 Å². The highest BCUT2D eigenvalue weighted by atomic mass is 32.1. The number of likely N-dealkylation sites (tertiary alicyclic amines) is 1. The number of hydrogen-bond acceptors (Lipinski definition) is 4. The average Bonchev–Trinajstić information content (AvgIpc) is 2.94. The van der Waals surface area contributed by atoms with E-state index >= 15 is 0 Å². The SMILES string of the molecule is CC(C)c1csc(CNC(=O)N2CCC(C(=O)O)CC2)n1. The van der Waals surface area contributed by atoms with Crippen LogP contribution in [0.3, 0.4) is 0 Å². The topological polar surface area (TPSA) is 82.5 Å². The zero-order valence-electron chi connectivity index (χ0n) is 12.3. The summed E-state index contributed by atoms with van der Waals surface area (Å²) < 4.78 is 0. The van der Waals surface area contributed by atoms with Crippen LogP contribution in [0, 0.1) is 5.92 Å². The molecule has 0 unspecified atom stereocenters. The van der Waals surface area contributed by atoms with Crippen molar-refractivity contribution in [3.8, 4) is 0 Å². The molecule has 0 aliphatic carbocycles. The van der Waals surface area contributed by atoms with E-state index in [4.69, 9.17) is 5.11 Å². The highest BCUT2D eigenvalue weighted by Gasteiger charge is 2.26. The number of aliphatic carboxylic acids is 1. The summed E-state index contributed by atoms with van der Waals surface area (Å²) in [6, 6.07) is -0.139. The molecule has 0 saturated carbocycles. The lowest BCUT2D eigenvalue weighted by atomic mass is 9.97. The zero-order valence-corrected chi connectivity index (χ0v) is 13.2. The van der Waals surface area contributed by atoms with Gasteiger partial charge < -0.3 is 15.3 Å². The number of hydrogen-bond donors (Lipinski definition) is 2. The average molecular weight is 311 g/mol. The number of carboxylic acid groups (broad SMARTS) is 1. The number of carbonyl (C=O) groups excluding carboxylic acids is 1. The molecule has 0 spiro atoms. The Morgan fingerprint density at radius 3 is 2.67 bits per heavy atom. The number of carboxylic acids is 1. The number of piperidine rings is 1. The Hall–Kier alpha value is -1.63. The lowest BCUT2D eigenvalue weighted by Crippen LogP contribution is -2.45. The Morgan fingerprint density at radius 1 is 1.48 bits per heavy atom. The Labute approximate surface area is 128 Å². The maximum absolute atomic E-state index is 12.0. The van der Waals surface area contributed by atoms with Gasteiger partial charge in [-0.15, -0.1) is 11.3 Å². The normalized spacial score (nSPS) is 16.2. The van der Waals surface area contributed by atoms with Gasteiger partial charge in [0.2, 0.25) is 0 Å². The molecule has 2 rings (SSSR count). The molecule has 2 amide bonds. The van der Waals surface area contributed by atoms with Crippen LogP contribution in [-0.2, 0) is 11.3 Å². The third-order valence-electron chi connectivity index (χ3n) is 3.68. The summed E-state index contributed by atoms with van der Waals surface area (Å²) in [5, 5.41) is 14.7. The summed E-state index contributed by atoms with van der Waals surface area (Å²) in [5.74, 6) is -0.693. The van der Waals surface area contributed by atoms with Gasteiger partial charge in [0.25, 0.3) is 0 Å². The van der Waals surface area contributed by atoms with E-state index in [1.807, 2.05) is 5.38 Å². The molecule has 0 aromatic carbocycles. The molecule has 2 N–H and O–H groups in total. The Kier molecular flexibility index (Phi) is 5.17. The first kappa shape index (κ1) is 15.8. The Bertz CT molecular complexity index is 507. The second kappa shape index (κ2) is 6.89. The Morgan fingerprint density at radius 2 is 2.14 bits per heavy atom. The van der Waals surface area contributed by atoms with Crippen LogP contribution in [0.2, 0.25) is 0 Å². The highest BCUT2D eigenvalue weighted by molar-refractivity contribution is 7.09. The van der Waals surface area contributed by atoms with Crippen LogP contribution < -0.4 is 5.32 Å². The predicted octanol–water partition coefficient (Wildman–Crippen LogP) is 2.27. The zero-order chi connectivity index (χ0) is 15.4. The van der Waals surface area contributed by atoms with Crippen LogP contribution >= 0.6 is 11.3 Å². The number of amides is 2. The van der Waals surface area contributed by atoms with Crippen LogP contribution in [0.4, 0.5) is 4.79 Å². The molecule has 1 aromatic heterocycles. The van der Waals surface area contributed by atoms with Crippen LogP contribution in [0.1, 0.15) is 43.3 Å². The lowest BCUT2D eigenvalue weighted by molar-refractivity contribution is -0.143. The van der Waals surface area contributed by atoms with E-state index in [0.29, 0.717) is 38.4 Å². The molecule has 7 heteroatoms. The van der Waals surface area contributed by atoms with E-state index in [1.54, 1.807) is 16.2 Å². The quantitative estimate of drug-likeness (QED) is 0.893. The first-order valence-electron chi connectivity index (χ1n) is 7.17. The molecule has 2 heterocycles. The van der Waals surface area contributed by atoms with Gasteiger partial charge in [-0.05, 0) is 18.8 Å². The number of nitrogens with one attached hydrogen (secondary N) is 1. The number of thiazole rings is 1. The van der Waals surface area contributed by atoms with Gasteiger partial charge in [0.15, 0.2) is 0 Å². The van der Waals surface area contributed by atoms with E-state index in [-0.39, 0.29) is 11.9 Å². The molecule has 1 saturated heterocycles. The monoisotopic (exact) mass is 311 g/mol. The summed E-state index contributed by atoms with van der Waals surface area (Å²) in [6.07, 6.45) is 1.05. The fourth-order valence-electron chi connectivity index (χ4n) is 2.26. The first-order valence-corrected chi connectivity index (χ1v) is 8.05. The van der Waals surface area contributed by atoms with Gasteiger partial charge in [0.1, 0.15) is 5.01 Å². The summed E-state index contributed by atoms with van der Waals surface area (Å²) in [7, 11) is 0. The number of urea groups is 1. The fraction of sp³-hybridized carbons (Fsp3) is 0.643. The molecule has 1 fully saturated rings. The standard InChI is InChI=1S/C14H21N3O3S/c1-9(2)11-8-21-12(16-11)7-15-14(20)17-5-3-10(4-6-17)13(18)19/h8-10H,3-7H2,1-2H3,(H,15,20)(H,18,19). The molecule has 1 aliphatic heterocycles. The fourth-order valence-corrected chi connectivity index (χ4v) is 3.16. The van der Waals surface area contributed by atoms with Crippen molar-refractivity contribution in [3.05, 3.63) is 16.1 Å². The van der Waals surface area contributed by atoms with Crippen molar-refractivity contribution < 1.29 is 14.7 Å². The molecule has 0 atom stereocenters. The summed E-state index contributed by atoms with van der Waals surface area (Å²) in [6.45, 7) is 5.60.